The van der Waals surface area contributed by atoms with Gasteiger partial charge in [0.2, 0.25) is 0 Å². The maximum atomic E-state index is 5.75. The fourth-order valence-electron chi connectivity index (χ4n) is 1.62. The van der Waals surface area contributed by atoms with Crippen molar-refractivity contribution in [2.24, 2.45) is 5.73 Å². The molecule has 1 aromatic carbocycles. The Morgan fingerprint density at radius 1 is 1.47 bits per heavy atom. The third-order valence-corrected chi connectivity index (χ3v) is 3.25. The maximum absolute atomic E-state index is 5.75. The summed E-state index contributed by atoms with van der Waals surface area (Å²) in [5.41, 5.74) is 7.01. The Bertz CT molecular complexity index is 355. The summed E-state index contributed by atoms with van der Waals surface area (Å²) in [6.07, 6.45) is 1.02. The minimum absolute atomic E-state index is 0.264. The Hall–Kier alpha value is -0.580. The fraction of sp³-hybridized carbons (Fsp3) is 0.538. The third-order valence-electron chi connectivity index (χ3n) is 2.63. The van der Waals surface area contributed by atoms with Crippen molar-refractivity contribution < 1.29 is 4.74 Å². The quantitative estimate of drug-likeness (QED) is 0.878. The molecule has 0 aliphatic carbocycles. The minimum Gasteiger partial charge on any atom is -0.496 e. The predicted octanol–water partition coefficient (Wildman–Crippen LogP) is 2.63. The summed E-state index contributed by atoms with van der Waals surface area (Å²) in [6, 6.07) is 6.44. The fourth-order valence-corrected chi connectivity index (χ4v) is 2.21. The number of rotatable bonds is 6. The molecule has 3 nitrogen and oxygen atoms in total. The van der Waals surface area contributed by atoms with Gasteiger partial charge in [-0.15, -0.1) is 0 Å². The van der Waals surface area contributed by atoms with E-state index in [-0.39, 0.29) is 6.04 Å². The Morgan fingerprint density at radius 2 is 2.18 bits per heavy atom. The van der Waals surface area contributed by atoms with Gasteiger partial charge in [-0.05, 0) is 60.6 Å². The zero-order chi connectivity index (χ0) is 12.8. The predicted molar refractivity (Wildman–Crippen MR) is 75.3 cm³/mol. The van der Waals surface area contributed by atoms with Crippen molar-refractivity contribution >= 4 is 15.9 Å². The van der Waals surface area contributed by atoms with Crippen LogP contribution in [0.25, 0.3) is 0 Å². The lowest BCUT2D eigenvalue weighted by Gasteiger charge is -2.18. The van der Waals surface area contributed by atoms with E-state index in [4.69, 9.17) is 10.5 Å². The van der Waals surface area contributed by atoms with Gasteiger partial charge in [0.25, 0.3) is 0 Å². The molecule has 1 aromatic rings. The molecule has 0 spiro atoms. The van der Waals surface area contributed by atoms with E-state index in [1.54, 1.807) is 7.11 Å². The Balaban J connectivity index is 2.53. The number of methoxy groups -OCH3 is 1. The SMILES string of the molecule is COc1ccc(CN(C)CCC(C)N)cc1Br. The number of nitrogens with two attached hydrogens (primary N) is 1. The third kappa shape index (κ3) is 5.06. The van der Waals surface area contributed by atoms with Crippen molar-refractivity contribution in [3.05, 3.63) is 28.2 Å². The molecule has 4 heteroatoms. The molecule has 0 saturated carbocycles. The average molecular weight is 301 g/mol. The lowest BCUT2D eigenvalue weighted by molar-refractivity contribution is 0.313. The van der Waals surface area contributed by atoms with Crippen molar-refractivity contribution in [2.75, 3.05) is 20.7 Å². The number of benzene rings is 1. The summed E-state index contributed by atoms with van der Waals surface area (Å²) < 4.78 is 6.21. The van der Waals surface area contributed by atoms with E-state index in [1.165, 1.54) is 5.56 Å². The second-order valence-corrected chi connectivity index (χ2v) is 5.33. The molecule has 0 bridgehead atoms. The average Bonchev–Trinajstić information content (AvgIpc) is 2.26. The molecular weight excluding hydrogens is 280 g/mol. The van der Waals surface area contributed by atoms with Crippen molar-refractivity contribution in [2.45, 2.75) is 25.9 Å². The van der Waals surface area contributed by atoms with Gasteiger partial charge in [0, 0.05) is 12.6 Å². The molecule has 1 atom stereocenters. The first-order valence-corrected chi connectivity index (χ1v) is 6.58. The number of hydrogen-bond acceptors (Lipinski definition) is 3. The van der Waals surface area contributed by atoms with Crippen LogP contribution >= 0.6 is 15.9 Å². The normalized spacial score (nSPS) is 12.8. The van der Waals surface area contributed by atoms with Crippen LogP contribution in [-0.2, 0) is 6.54 Å². The Morgan fingerprint density at radius 3 is 2.71 bits per heavy atom. The van der Waals surface area contributed by atoms with Gasteiger partial charge in [-0.2, -0.15) is 0 Å². The van der Waals surface area contributed by atoms with Crippen LogP contribution in [0.3, 0.4) is 0 Å². The van der Waals surface area contributed by atoms with Crippen LogP contribution in [0.4, 0.5) is 0 Å². The molecular formula is C13H21BrN2O. The molecule has 1 rings (SSSR count). The molecule has 2 N–H and O–H groups in total. The highest BCUT2D eigenvalue weighted by molar-refractivity contribution is 9.10. The first-order chi connectivity index (χ1) is 8.02. The molecule has 96 valence electrons. The molecule has 0 radical (unpaired) electrons. The molecule has 0 saturated heterocycles. The Labute approximate surface area is 112 Å². The highest BCUT2D eigenvalue weighted by atomic mass is 79.9. The van der Waals surface area contributed by atoms with Crippen LogP contribution < -0.4 is 10.5 Å². The van der Waals surface area contributed by atoms with E-state index in [1.807, 2.05) is 13.0 Å². The van der Waals surface area contributed by atoms with E-state index < -0.39 is 0 Å². The number of ether oxygens (including phenoxy) is 1. The van der Waals surface area contributed by atoms with Crippen LogP contribution in [0.15, 0.2) is 22.7 Å². The largest absolute Gasteiger partial charge is 0.496 e. The van der Waals surface area contributed by atoms with Gasteiger partial charge in [0.05, 0.1) is 11.6 Å². The van der Waals surface area contributed by atoms with E-state index >= 15 is 0 Å². The lowest BCUT2D eigenvalue weighted by atomic mass is 10.2. The summed E-state index contributed by atoms with van der Waals surface area (Å²) in [6.45, 7) is 3.98. The number of halogens is 1. The van der Waals surface area contributed by atoms with Gasteiger partial charge in [-0.25, -0.2) is 0 Å². The maximum Gasteiger partial charge on any atom is 0.133 e. The van der Waals surface area contributed by atoms with Gasteiger partial charge in [0.15, 0.2) is 0 Å². The molecule has 1 unspecified atom stereocenters. The summed E-state index contributed by atoms with van der Waals surface area (Å²) in [5.74, 6) is 0.868. The van der Waals surface area contributed by atoms with Crippen molar-refractivity contribution in [1.82, 2.24) is 4.90 Å². The van der Waals surface area contributed by atoms with Gasteiger partial charge in [-0.3, -0.25) is 0 Å². The van der Waals surface area contributed by atoms with Crippen LogP contribution in [0, 0.1) is 0 Å². The van der Waals surface area contributed by atoms with Crippen LogP contribution in [0.2, 0.25) is 0 Å². The second-order valence-electron chi connectivity index (χ2n) is 4.47. The van der Waals surface area contributed by atoms with E-state index in [2.05, 4.69) is 40.0 Å². The monoisotopic (exact) mass is 300 g/mol. The van der Waals surface area contributed by atoms with Crippen molar-refractivity contribution in [3.63, 3.8) is 0 Å². The zero-order valence-electron chi connectivity index (χ0n) is 10.7. The molecule has 0 aliphatic heterocycles. The van der Waals surface area contributed by atoms with Gasteiger partial charge in [0.1, 0.15) is 5.75 Å². The molecule has 0 heterocycles. The standard InChI is InChI=1S/C13H21BrN2O/c1-10(15)6-7-16(2)9-11-4-5-13(17-3)12(14)8-11/h4-5,8,10H,6-7,9,15H2,1-3H3. The summed E-state index contributed by atoms with van der Waals surface area (Å²) >= 11 is 3.50. The van der Waals surface area contributed by atoms with Crippen molar-refractivity contribution in [3.8, 4) is 5.75 Å². The zero-order valence-corrected chi connectivity index (χ0v) is 12.3. The molecule has 0 aromatic heterocycles. The van der Waals surface area contributed by atoms with Gasteiger partial charge < -0.3 is 15.4 Å². The van der Waals surface area contributed by atoms with E-state index in [0.29, 0.717) is 0 Å². The first kappa shape index (κ1) is 14.5. The van der Waals surface area contributed by atoms with Gasteiger partial charge in [-0.1, -0.05) is 6.07 Å². The summed E-state index contributed by atoms with van der Waals surface area (Å²) in [5, 5.41) is 0. The number of nitrogens with zero attached hydrogens (tertiary/aromatic N) is 1. The Kier molecular flexibility index (Phi) is 5.95. The molecule has 17 heavy (non-hydrogen) atoms. The van der Waals surface area contributed by atoms with E-state index in [0.717, 1.165) is 29.7 Å². The summed E-state index contributed by atoms with van der Waals surface area (Å²) in [7, 11) is 3.79. The minimum atomic E-state index is 0.264. The second kappa shape index (κ2) is 6.99. The van der Waals surface area contributed by atoms with Crippen molar-refractivity contribution in [1.29, 1.82) is 0 Å². The lowest BCUT2D eigenvalue weighted by Crippen LogP contribution is -2.25. The smallest absolute Gasteiger partial charge is 0.133 e. The van der Waals surface area contributed by atoms with E-state index in [9.17, 15) is 0 Å². The molecule has 0 fully saturated rings. The number of hydrogen-bond donors (Lipinski definition) is 1. The van der Waals surface area contributed by atoms with Gasteiger partial charge >= 0.3 is 0 Å². The highest BCUT2D eigenvalue weighted by Gasteiger charge is 2.05. The van der Waals surface area contributed by atoms with Crippen LogP contribution in [0.1, 0.15) is 18.9 Å². The first-order valence-electron chi connectivity index (χ1n) is 5.79. The summed E-state index contributed by atoms with van der Waals surface area (Å²) in [4.78, 5) is 2.28. The topological polar surface area (TPSA) is 38.5 Å². The highest BCUT2D eigenvalue weighted by Crippen LogP contribution is 2.25. The molecule has 0 aliphatic rings. The molecule has 0 amide bonds. The van der Waals surface area contributed by atoms with Crippen LogP contribution in [-0.4, -0.2) is 31.6 Å². The van der Waals surface area contributed by atoms with Crippen LogP contribution in [0.5, 0.6) is 5.75 Å².